The van der Waals surface area contributed by atoms with Gasteiger partial charge in [0.05, 0.1) is 6.10 Å². The van der Waals surface area contributed by atoms with Crippen molar-refractivity contribution < 1.29 is 12.9 Å². The van der Waals surface area contributed by atoms with Crippen LogP contribution in [0.25, 0.3) is 0 Å². The Morgan fingerprint density at radius 3 is 2.14 bits per heavy atom. The van der Waals surface area contributed by atoms with Crippen LogP contribution in [0.1, 0.15) is 13.8 Å². The van der Waals surface area contributed by atoms with Crippen LogP contribution in [0.2, 0.25) is 0 Å². The normalized spacial score (nSPS) is 14.9. The lowest BCUT2D eigenvalue weighted by atomic mass is 10.5. The van der Waals surface area contributed by atoms with Gasteiger partial charge in [0.2, 0.25) is 0 Å². The fourth-order valence-corrected chi connectivity index (χ4v) is 0.494. The van der Waals surface area contributed by atoms with Gasteiger partial charge in [0.1, 0.15) is 0 Å². The predicted octanol–water partition coefficient (Wildman–Crippen LogP) is 0.548. The van der Waals surface area contributed by atoms with Crippen molar-refractivity contribution in [3.63, 3.8) is 0 Å². The molecule has 0 bridgehead atoms. The van der Waals surface area contributed by atoms with Crippen LogP contribution >= 0.6 is 0 Å². The lowest BCUT2D eigenvalue weighted by Crippen LogP contribution is -2.03. The first kappa shape index (κ1) is 7.07. The summed E-state index contributed by atoms with van der Waals surface area (Å²) in [6.45, 7) is 3.38. The largest absolute Gasteiger partial charge is 0.302 e. The van der Waals surface area contributed by atoms with Crippen molar-refractivity contribution >= 4 is 11.4 Å². The molecule has 0 aliphatic carbocycles. The van der Waals surface area contributed by atoms with E-state index in [1.54, 1.807) is 13.8 Å². The Morgan fingerprint density at radius 2 is 2.14 bits per heavy atom. The summed E-state index contributed by atoms with van der Waals surface area (Å²) in [6, 6.07) is 0. The Kier molecular flexibility index (Phi) is 3.15. The van der Waals surface area contributed by atoms with Crippen molar-refractivity contribution in [1.82, 2.24) is 0 Å². The van der Waals surface area contributed by atoms with E-state index < -0.39 is 11.4 Å². The molecule has 0 radical (unpaired) electrons. The maximum Gasteiger partial charge on any atom is 0.302 e. The fraction of sp³-hybridized carbons (Fsp3) is 1.00. The summed E-state index contributed by atoms with van der Waals surface area (Å²) in [6.07, 6.45) is -0.175. The van der Waals surface area contributed by atoms with Gasteiger partial charge in [-0.3, -0.25) is 8.74 Å². The third-order valence-electron chi connectivity index (χ3n) is 0.275. The Hall–Kier alpha value is 0.0700. The minimum atomic E-state index is -2.10. The molecule has 44 valence electrons. The van der Waals surface area contributed by atoms with Gasteiger partial charge < -0.3 is 0 Å². The first-order valence-corrected chi connectivity index (χ1v) is 2.94. The van der Waals surface area contributed by atoms with Crippen LogP contribution in [0.5, 0.6) is 0 Å². The van der Waals surface area contributed by atoms with Crippen molar-refractivity contribution in [1.29, 1.82) is 0 Å². The summed E-state index contributed by atoms with van der Waals surface area (Å²) in [5, 5.41) is 0. The first-order chi connectivity index (χ1) is 3.13. The van der Waals surface area contributed by atoms with E-state index in [1.165, 1.54) is 0 Å². The first-order valence-electron chi connectivity index (χ1n) is 1.91. The van der Waals surface area contributed by atoms with Crippen molar-refractivity contribution in [2.45, 2.75) is 20.0 Å². The third-order valence-corrected chi connectivity index (χ3v) is 0.824. The van der Waals surface area contributed by atoms with E-state index in [9.17, 15) is 4.21 Å². The lowest BCUT2D eigenvalue weighted by Gasteiger charge is -1.97. The zero-order chi connectivity index (χ0) is 5.86. The second kappa shape index (κ2) is 3.12. The zero-order valence-corrected chi connectivity index (χ0v) is 5.07. The Labute approximate surface area is 45.2 Å². The number of hydrogen-bond donors (Lipinski definition) is 1. The van der Waals surface area contributed by atoms with E-state index in [0.29, 0.717) is 0 Å². The van der Waals surface area contributed by atoms with Crippen LogP contribution in [0, 0.1) is 0 Å². The van der Waals surface area contributed by atoms with E-state index in [2.05, 4.69) is 4.18 Å². The molecule has 0 aromatic heterocycles. The maximum absolute atomic E-state index is 9.70. The highest BCUT2D eigenvalue weighted by Crippen LogP contribution is 1.87. The molecule has 0 aromatic carbocycles. The average molecular weight is 124 g/mol. The van der Waals surface area contributed by atoms with Gasteiger partial charge >= 0.3 is 11.4 Å². The lowest BCUT2D eigenvalue weighted by molar-refractivity contribution is 0.241. The van der Waals surface area contributed by atoms with Crippen LogP contribution in [-0.2, 0) is 15.5 Å². The molecule has 0 saturated carbocycles. The molecule has 7 heavy (non-hydrogen) atoms. The summed E-state index contributed by atoms with van der Waals surface area (Å²) in [7, 11) is 0. The maximum atomic E-state index is 9.70. The quantitative estimate of drug-likeness (QED) is 0.547. The van der Waals surface area contributed by atoms with Gasteiger partial charge in [-0.2, -0.15) is 4.21 Å². The molecule has 0 aromatic rings. The number of hydrogen-bond acceptors (Lipinski definition) is 2. The second-order valence-corrected chi connectivity index (χ2v) is 1.99. The summed E-state index contributed by atoms with van der Waals surface area (Å²) in [5.41, 5.74) is 0. The van der Waals surface area contributed by atoms with Gasteiger partial charge in [-0.25, -0.2) is 0 Å². The molecule has 1 atom stereocenters. The molecule has 4 heteroatoms. The fourth-order valence-electron chi connectivity index (χ4n) is 0.165. The van der Waals surface area contributed by atoms with Gasteiger partial charge in [0.15, 0.2) is 0 Å². The van der Waals surface area contributed by atoms with Crippen LogP contribution in [-0.4, -0.2) is 14.9 Å². The van der Waals surface area contributed by atoms with Crippen LogP contribution < -0.4 is 0 Å². The third kappa shape index (κ3) is 6.07. The van der Waals surface area contributed by atoms with Gasteiger partial charge in [-0.15, -0.1) is 0 Å². The van der Waals surface area contributed by atoms with E-state index in [0.717, 1.165) is 0 Å². The molecule has 0 rings (SSSR count). The highest BCUT2D eigenvalue weighted by molar-refractivity contribution is 7.74. The Morgan fingerprint density at radius 1 is 1.71 bits per heavy atom. The van der Waals surface area contributed by atoms with Crippen molar-refractivity contribution in [2.75, 3.05) is 0 Å². The SMILES string of the molecule is CC(C)OS(=O)O. The summed E-state index contributed by atoms with van der Waals surface area (Å²) in [4.78, 5) is 0. The minimum Gasteiger partial charge on any atom is -0.284 e. The van der Waals surface area contributed by atoms with Crippen LogP contribution in [0.15, 0.2) is 0 Å². The van der Waals surface area contributed by atoms with Crippen LogP contribution in [0.4, 0.5) is 0 Å². The van der Waals surface area contributed by atoms with Gasteiger partial charge in [0.25, 0.3) is 0 Å². The summed E-state index contributed by atoms with van der Waals surface area (Å²) >= 11 is -2.10. The summed E-state index contributed by atoms with van der Waals surface area (Å²) in [5.74, 6) is 0. The molecule has 0 saturated heterocycles. The standard InChI is InChI=1S/C3H8O3S/c1-3(2)6-7(4)5/h3H,1-2H3,(H,4,5). The highest BCUT2D eigenvalue weighted by atomic mass is 32.2. The van der Waals surface area contributed by atoms with Crippen molar-refractivity contribution in [2.24, 2.45) is 0 Å². The molecule has 0 spiro atoms. The molecule has 0 heterocycles. The average Bonchev–Trinajstić information content (AvgIpc) is 1.27. The second-order valence-electron chi connectivity index (χ2n) is 1.36. The molecule has 1 unspecified atom stereocenters. The molecule has 1 N–H and O–H groups in total. The molecule has 0 aliphatic rings. The molecule has 0 amide bonds. The van der Waals surface area contributed by atoms with E-state index in [-0.39, 0.29) is 6.10 Å². The monoisotopic (exact) mass is 124 g/mol. The summed E-state index contributed by atoms with van der Waals surface area (Å²) < 4.78 is 21.9. The van der Waals surface area contributed by atoms with E-state index in [4.69, 9.17) is 4.55 Å². The van der Waals surface area contributed by atoms with Gasteiger partial charge in [0, 0.05) is 0 Å². The van der Waals surface area contributed by atoms with Gasteiger partial charge in [-0.05, 0) is 13.8 Å². The predicted molar refractivity (Wildman–Crippen MR) is 27.0 cm³/mol. The van der Waals surface area contributed by atoms with E-state index in [1.807, 2.05) is 0 Å². The topological polar surface area (TPSA) is 46.5 Å². The minimum absolute atomic E-state index is 0.175. The molecular weight excluding hydrogens is 116 g/mol. The Balaban J connectivity index is 3.13. The van der Waals surface area contributed by atoms with Crippen molar-refractivity contribution in [3.8, 4) is 0 Å². The number of rotatable bonds is 2. The molecule has 0 aliphatic heterocycles. The highest BCUT2D eigenvalue weighted by Gasteiger charge is 1.94. The smallest absolute Gasteiger partial charge is 0.284 e. The van der Waals surface area contributed by atoms with Crippen molar-refractivity contribution in [3.05, 3.63) is 0 Å². The zero-order valence-electron chi connectivity index (χ0n) is 4.25. The van der Waals surface area contributed by atoms with Crippen LogP contribution in [0.3, 0.4) is 0 Å². The van der Waals surface area contributed by atoms with Gasteiger partial charge in [-0.1, -0.05) is 0 Å². The molecule has 3 nitrogen and oxygen atoms in total. The Bertz CT molecular complexity index is 70.6. The molecule has 0 fully saturated rings. The molecular formula is C3H8O3S. The van der Waals surface area contributed by atoms with E-state index >= 15 is 0 Å².